The Labute approximate surface area is 192 Å². The molecule has 2 aromatic carbocycles. The maximum atomic E-state index is 6.94. The normalized spacial score (nSPS) is 12.3. The smallest absolute Gasteiger partial charge is 0.0154 e. The Morgan fingerprint density at radius 2 is 1.00 bits per heavy atom. The van der Waals surface area contributed by atoms with Crippen molar-refractivity contribution < 1.29 is 0 Å². The average molecular weight is 422 g/mol. The molecular formula is C30H47N. The summed E-state index contributed by atoms with van der Waals surface area (Å²) in [6.45, 7) is 6.83. The molecule has 0 amide bonds. The molecule has 31 heavy (non-hydrogen) atoms. The van der Waals surface area contributed by atoms with Gasteiger partial charge in [0.1, 0.15) is 0 Å². The van der Waals surface area contributed by atoms with Crippen LogP contribution in [0.4, 0.5) is 0 Å². The van der Waals surface area contributed by atoms with Crippen LogP contribution in [0.2, 0.25) is 0 Å². The number of hydrogen-bond donors (Lipinski definition) is 1. The molecule has 0 aromatic heterocycles. The number of unbranched alkanes of at least 4 members (excludes halogenated alkanes) is 7. The summed E-state index contributed by atoms with van der Waals surface area (Å²) in [4.78, 5) is 0. The van der Waals surface area contributed by atoms with Gasteiger partial charge < -0.3 is 5.73 Å². The fourth-order valence-corrected chi connectivity index (χ4v) is 5.00. The predicted molar refractivity (Wildman–Crippen MR) is 137 cm³/mol. The molecule has 2 rings (SSSR count). The average Bonchev–Trinajstić information content (AvgIpc) is 2.77. The molecule has 0 radical (unpaired) electrons. The molecule has 0 heterocycles. The lowest BCUT2D eigenvalue weighted by atomic mass is 9.62. The third-order valence-corrected chi connectivity index (χ3v) is 7.35. The number of aryl methyl sites for hydroxylation is 2. The van der Waals surface area contributed by atoms with Gasteiger partial charge in [0.05, 0.1) is 0 Å². The fraction of sp³-hybridized carbons (Fsp3) is 0.600. The zero-order chi connectivity index (χ0) is 22.4. The van der Waals surface area contributed by atoms with Gasteiger partial charge >= 0.3 is 0 Å². The van der Waals surface area contributed by atoms with Crippen molar-refractivity contribution in [3.63, 3.8) is 0 Å². The Morgan fingerprint density at radius 3 is 1.42 bits per heavy atom. The molecule has 1 heteroatoms. The highest BCUT2D eigenvalue weighted by atomic mass is 14.8. The van der Waals surface area contributed by atoms with Gasteiger partial charge in [0, 0.05) is 5.54 Å². The molecule has 0 fully saturated rings. The summed E-state index contributed by atoms with van der Waals surface area (Å²) in [5, 5.41) is 0. The molecule has 0 unspecified atom stereocenters. The van der Waals surface area contributed by atoms with Crippen molar-refractivity contribution in [1.82, 2.24) is 0 Å². The predicted octanol–water partition coefficient (Wildman–Crippen LogP) is 8.51. The summed E-state index contributed by atoms with van der Waals surface area (Å²) in [5.74, 6) is 0. The van der Waals surface area contributed by atoms with Crippen LogP contribution in [0.5, 0.6) is 0 Å². The minimum Gasteiger partial charge on any atom is -0.325 e. The fourth-order valence-electron chi connectivity index (χ4n) is 5.00. The van der Waals surface area contributed by atoms with E-state index in [-0.39, 0.29) is 11.0 Å². The molecule has 0 bridgehead atoms. The summed E-state index contributed by atoms with van der Waals surface area (Å²) in [5.41, 5.74) is 9.80. The van der Waals surface area contributed by atoms with Crippen LogP contribution in [0.1, 0.15) is 103 Å². The first-order valence-electron chi connectivity index (χ1n) is 12.8. The lowest BCUT2D eigenvalue weighted by Crippen LogP contribution is -2.51. The first-order chi connectivity index (χ1) is 15.0. The molecule has 0 spiro atoms. The van der Waals surface area contributed by atoms with Crippen molar-refractivity contribution >= 4 is 0 Å². The van der Waals surface area contributed by atoms with E-state index in [0.717, 1.165) is 12.8 Å². The van der Waals surface area contributed by atoms with E-state index in [1.54, 1.807) is 0 Å². The summed E-state index contributed by atoms with van der Waals surface area (Å²) in [7, 11) is 0. The highest BCUT2D eigenvalue weighted by Gasteiger charge is 2.41. The first-order valence-corrected chi connectivity index (χ1v) is 12.8. The van der Waals surface area contributed by atoms with Crippen LogP contribution >= 0.6 is 0 Å². The minimum absolute atomic E-state index is 0.168. The van der Waals surface area contributed by atoms with Crippen LogP contribution in [-0.4, -0.2) is 5.54 Å². The molecule has 0 aliphatic heterocycles. The Balaban J connectivity index is 2.01. The standard InChI is InChI=1S/C30H47N/c1-4-5-6-7-8-9-10-17-24-30(29(2,3)31,25-22-27-18-13-11-14-19-27)26-23-28-20-15-12-16-21-28/h11-16,18-21H,4-10,17,22-26,31H2,1-3H3. The summed E-state index contributed by atoms with van der Waals surface area (Å²) in [6, 6.07) is 21.9. The van der Waals surface area contributed by atoms with E-state index in [1.165, 1.54) is 81.8 Å². The molecule has 2 N–H and O–H groups in total. The van der Waals surface area contributed by atoms with Gasteiger partial charge in [0.15, 0.2) is 0 Å². The van der Waals surface area contributed by atoms with Crippen LogP contribution in [-0.2, 0) is 12.8 Å². The van der Waals surface area contributed by atoms with E-state index in [1.807, 2.05) is 0 Å². The van der Waals surface area contributed by atoms with Crippen molar-refractivity contribution in [2.24, 2.45) is 11.1 Å². The van der Waals surface area contributed by atoms with Crippen molar-refractivity contribution in [1.29, 1.82) is 0 Å². The van der Waals surface area contributed by atoms with Gasteiger partial charge in [-0.15, -0.1) is 0 Å². The Kier molecular flexibility index (Phi) is 11.4. The zero-order valence-electron chi connectivity index (χ0n) is 20.5. The van der Waals surface area contributed by atoms with Gasteiger partial charge in [0.25, 0.3) is 0 Å². The number of nitrogens with two attached hydrogens (primary N) is 1. The van der Waals surface area contributed by atoms with Gasteiger partial charge in [-0.3, -0.25) is 0 Å². The molecule has 0 saturated heterocycles. The molecular weight excluding hydrogens is 374 g/mol. The Bertz CT molecular complexity index is 640. The van der Waals surface area contributed by atoms with Gasteiger partial charge in [-0.25, -0.2) is 0 Å². The van der Waals surface area contributed by atoms with Crippen LogP contribution in [0.25, 0.3) is 0 Å². The zero-order valence-corrected chi connectivity index (χ0v) is 20.5. The van der Waals surface area contributed by atoms with Crippen molar-refractivity contribution in [2.45, 2.75) is 110 Å². The quantitative estimate of drug-likeness (QED) is 0.270. The molecule has 172 valence electrons. The monoisotopic (exact) mass is 421 g/mol. The van der Waals surface area contributed by atoms with Gasteiger partial charge in [-0.2, -0.15) is 0 Å². The Hall–Kier alpha value is -1.60. The second kappa shape index (κ2) is 13.7. The van der Waals surface area contributed by atoms with E-state index in [4.69, 9.17) is 5.73 Å². The first kappa shape index (κ1) is 25.7. The topological polar surface area (TPSA) is 26.0 Å². The van der Waals surface area contributed by atoms with Gasteiger partial charge in [-0.1, -0.05) is 119 Å². The molecule has 0 atom stereocenters. The van der Waals surface area contributed by atoms with Crippen molar-refractivity contribution in [2.75, 3.05) is 0 Å². The maximum absolute atomic E-state index is 6.94. The van der Waals surface area contributed by atoms with Crippen LogP contribution in [0, 0.1) is 5.41 Å². The van der Waals surface area contributed by atoms with E-state index >= 15 is 0 Å². The maximum Gasteiger partial charge on any atom is 0.0154 e. The second-order valence-corrected chi connectivity index (χ2v) is 10.2. The lowest BCUT2D eigenvalue weighted by molar-refractivity contribution is 0.103. The number of rotatable bonds is 16. The van der Waals surface area contributed by atoms with E-state index < -0.39 is 0 Å². The largest absolute Gasteiger partial charge is 0.325 e. The Morgan fingerprint density at radius 1 is 0.581 bits per heavy atom. The second-order valence-electron chi connectivity index (χ2n) is 10.2. The van der Waals surface area contributed by atoms with Crippen LogP contribution in [0.3, 0.4) is 0 Å². The van der Waals surface area contributed by atoms with Crippen LogP contribution in [0.15, 0.2) is 60.7 Å². The molecule has 0 aliphatic carbocycles. The van der Waals surface area contributed by atoms with Crippen molar-refractivity contribution in [3.05, 3.63) is 71.8 Å². The summed E-state index contributed by atoms with van der Waals surface area (Å²) >= 11 is 0. The number of hydrogen-bond acceptors (Lipinski definition) is 1. The highest BCUT2D eigenvalue weighted by molar-refractivity contribution is 5.17. The van der Waals surface area contributed by atoms with Gasteiger partial charge in [-0.05, 0) is 62.5 Å². The SMILES string of the molecule is CCCCCCCCCCC(CCc1ccccc1)(CCc1ccccc1)C(C)(C)N. The summed E-state index contributed by atoms with van der Waals surface area (Å²) < 4.78 is 0. The lowest BCUT2D eigenvalue weighted by Gasteiger charge is -2.46. The van der Waals surface area contributed by atoms with E-state index in [9.17, 15) is 0 Å². The summed E-state index contributed by atoms with van der Waals surface area (Å²) in [6.07, 6.45) is 16.8. The third kappa shape index (κ3) is 9.19. The number of benzene rings is 2. The third-order valence-electron chi connectivity index (χ3n) is 7.35. The highest BCUT2D eigenvalue weighted by Crippen LogP contribution is 2.44. The minimum atomic E-state index is -0.183. The van der Waals surface area contributed by atoms with E-state index in [0.29, 0.717) is 0 Å². The van der Waals surface area contributed by atoms with Crippen molar-refractivity contribution in [3.8, 4) is 0 Å². The van der Waals surface area contributed by atoms with Gasteiger partial charge in [0.2, 0.25) is 0 Å². The van der Waals surface area contributed by atoms with Crippen LogP contribution < -0.4 is 5.73 Å². The molecule has 0 saturated carbocycles. The molecule has 1 nitrogen and oxygen atoms in total. The van der Waals surface area contributed by atoms with E-state index in [2.05, 4.69) is 81.4 Å². The molecule has 0 aliphatic rings. The molecule has 2 aromatic rings.